The van der Waals surface area contributed by atoms with Crippen molar-refractivity contribution in [3.8, 4) is 5.75 Å². The van der Waals surface area contributed by atoms with Crippen molar-refractivity contribution < 1.29 is 4.74 Å². The summed E-state index contributed by atoms with van der Waals surface area (Å²) in [5.41, 5.74) is 2.72. The van der Waals surface area contributed by atoms with E-state index in [4.69, 9.17) is 4.74 Å². The number of hydrogen-bond acceptors (Lipinski definition) is 2. The molecule has 0 bridgehead atoms. The summed E-state index contributed by atoms with van der Waals surface area (Å²) in [6, 6.07) is 8.41. The average Bonchev–Trinajstić information content (AvgIpc) is 2.29. The fraction of sp³-hybridized carbons (Fsp3) is 0.467. The lowest BCUT2D eigenvalue weighted by Crippen LogP contribution is -2.27. The van der Waals surface area contributed by atoms with Gasteiger partial charge in [0.1, 0.15) is 5.75 Å². The minimum atomic E-state index is 0.227. The van der Waals surface area contributed by atoms with E-state index in [1.54, 1.807) is 0 Å². The van der Waals surface area contributed by atoms with Crippen LogP contribution in [0.3, 0.4) is 0 Å². The Hall–Kier alpha value is -1.28. The standard InChI is InChI=1S/C15H21NO/c1-11(2)17-14-6-4-5-13(9-14)15-7-8-16-10-12(15)3/h4-7,9,11-12,16H,8,10H2,1-3H3/t12-/m0/s1. The average molecular weight is 231 g/mol. The molecule has 0 fully saturated rings. The van der Waals surface area contributed by atoms with E-state index in [9.17, 15) is 0 Å². The number of rotatable bonds is 3. The van der Waals surface area contributed by atoms with Crippen molar-refractivity contribution in [3.05, 3.63) is 35.9 Å². The van der Waals surface area contributed by atoms with Crippen LogP contribution in [0.2, 0.25) is 0 Å². The largest absolute Gasteiger partial charge is 0.491 e. The van der Waals surface area contributed by atoms with Gasteiger partial charge in [0.25, 0.3) is 0 Å². The highest BCUT2D eigenvalue weighted by Gasteiger charge is 2.14. The summed E-state index contributed by atoms with van der Waals surface area (Å²) >= 11 is 0. The molecule has 1 aromatic carbocycles. The lowest BCUT2D eigenvalue weighted by Gasteiger charge is -2.22. The molecule has 0 unspecified atom stereocenters. The summed E-state index contributed by atoms with van der Waals surface area (Å²) < 4.78 is 5.74. The van der Waals surface area contributed by atoms with E-state index in [1.807, 2.05) is 6.07 Å². The first-order valence-electron chi connectivity index (χ1n) is 6.34. The second kappa shape index (κ2) is 5.37. The molecule has 1 N–H and O–H groups in total. The number of hydrogen-bond donors (Lipinski definition) is 1. The number of nitrogens with one attached hydrogen (secondary N) is 1. The smallest absolute Gasteiger partial charge is 0.120 e. The normalized spacial score (nSPS) is 20.2. The minimum Gasteiger partial charge on any atom is -0.491 e. The molecular weight excluding hydrogens is 210 g/mol. The maximum atomic E-state index is 5.74. The zero-order valence-electron chi connectivity index (χ0n) is 10.9. The van der Waals surface area contributed by atoms with Crippen LogP contribution in [0.4, 0.5) is 0 Å². The fourth-order valence-electron chi connectivity index (χ4n) is 2.22. The third kappa shape index (κ3) is 3.10. The van der Waals surface area contributed by atoms with E-state index in [2.05, 4.69) is 50.4 Å². The summed E-state index contributed by atoms with van der Waals surface area (Å²) in [5.74, 6) is 1.53. The molecule has 17 heavy (non-hydrogen) atoms. The van der Waals surface area contributed by atoms with Crippen LogP contribution < -0.4 is 10.1 Å². The van der Waals surface area contributed by atoms with Gasteiger partial charge in [-0.1, -0.05) is 25.1 Å². The second-order valence-electron chi connectivity index (χ2n) is 4.91. The molecule has 0 spiro atoms. The van der Waals surface area contributed by atoms with Crippen LogP contribution >= 0.6 is 0 Å². The first-order chi connectivity index (χ1) is 8.16. The molecule has 0 radical (unpaired) electrons. The van der Waals surface area contributed by atoms with Crippen LogP contribution in [0, 0.1) is 5.92 Å². The van der Waals surface area contributed by atoms with Crippen molar-refractivity contribution in [3.63, 3.8) is 0 Å². The molecule has 0 saturated carbocycles. The zero-order chi connectivity index (χ0) is 12.3. The first kappa shape index (κ1) is 12.2. The molecule has 0 aliphatic carbocycles. The van der Waals surface area contributed by atoms with E-state index < -0.39 is 0 Å². The Bertz CT molecular complexity index is 409. The van der Waals surface area contributed by atoms with Crippen molar-refractivity contribution in [2.45, 2.75) is 26.9 Å². The summed E-state index contributed by atoms with van der Waals surface area (Å²) in [5, 5.41) is 3.37. The second-order valence-corrected chi connectivity index (χ2v) is 4.91. The van der Waals surface area contributed by atoms with Gasteiger partial charge in [-0.2, -0.15) is 0 Å². The van der Waals surface area contributed by atoms with Gasteiger partial charge in [0.05, 0.1) is 6.10 Å². The van der Waals surface area contributed by atoms with Crippen LogP contribution in [-0.4, -0.2) is 19.2 Å². The Balaban J connectivity index is 2.23. The predicted molar refractivity (Wildman–Crippen MR) is 72.2 cm³/mol. The van der Waals surface area contributed by atoms with Crippen LogP contribution in [0.15, 0.2) is 30.3 Å². The third-order valence-corrected chi connectivity index (χ3v) is 2.99. The Labute approximate surface area is 104 Å². The Morgan fingerprint density at radius 3 is 2.88 bits per heavy atom. The molecular formula is C15H21NO. The molecule has 2 heteroatoms. The number of ether oxygens (including phenoxy) is 1. The molecule has 1 heterocycles. The van der Waals surface area contributed by atoms with Crippen LogP contribution in [0.5, 0.6) is 5.75 Å². The topological polar surface area (TPSA) is 21.3 Å². The molecule has 2 rings (SSSR count). The van der Waals surface area contributed by atoms with E-state index >= 15 is 0 Å². The maximum absolute atomic E-state index is 5.74. The molecule has 1 aromatic rings. The summed E-state index contributed by atoms with van der Waals surface area (Å²) in [6.45, 7) is 8.39. The zero-order valence-corrected chi connectivity index (χ0v) is 10.9. The highest BCUT2D eigenvalue weighted by atomic mass is 16.5. The van der Waals surface area contributed by atoms with E-state index in [0.29, 0.717) is 5.92 Å². The highest BCUT2D eigenvalue weighted by Crippen LogP contribution is 2.27. The molecule has 2 nitrogen and oxygen atoms in total. The van der Waals surface area contributed by atoms with Crippen molar-refractivity contribution in [2.75, 3.05) is 13.1 Å². The van der Waals surface area contributed by atoms with Gasteiger partial charge < -0.3 is 10.1 Å². The minimum absolute atomic E-state index is 0.227. The van der Waals surface area contributed by atoms with Crippen molar-refractivity contribution >= 4 is 5.57 Å². The van der Waals surface area contributed by atoms with Crippen LogP contribution in [0.25, 0.3) is 5.57 Å². The molecule has 1 atom stereocenters. The van der Waals surface area contributed by atoms with Gasteiger partial charge in [0.2, 0.25) is 0 Å². The highest BCUT2D eigenvalue weighted by molar-refractivity contribution is 5.69. The third-order valence-electron chi connectivity index (χ3n) is 2.99. The monoisotopic (exact) mass is 231 g/mol. The molecule has 1 aliphatic heterocycles. The number of benzene rings is 1. The van der Waals surface area contributed by atoms with Crippen LogP contribution in [-0.2, 0) is 0 Å². The van der Waals surface area contributed by atoms with E-state index in [-0.39, 0.29) is 6.10 Å². The molecule has 1 aliphatic rings. The molecule has 92 valence electrons. The van der Waals surface area contributed by atoms with Crippen molar-refractivity contribution in [2.24, 2.45) is 5.92 Å². The Morgan fingerprint density at radius 2 is 2.18 bits per heavy atom. The summed E-state index contributed by atoms with van der Waals surface area (Å²) in [6.07, 6.45) is 2.51. The van der Waals surface area contributed by atoms with Gasteiger partial charge in [-0.3, -0.25) is 0 Å². The lowest BCUT2D eigenvalue weighted by atomic mass is 9.91. The Kier molecular flexibility index (Phi) is 3.85. The maximum Gasteiger partial charge on any atom is 0.120 e. The van der Waals surface area contributed by atoms with E-state index in [1.165, 1.54) is 11.1 Å². The first-order valence-corrected chi connectivity index (χ1v) is 6.34. The summed E-state index contributed by atoms with van der Waals surface area (Å²) in [7, 11) is 0. The van der Waals surface area contributed by atoms with Gasteiger partial charge in [0.15, 0.2) is 0 Å². The molecule has 0 aromatic heterocycles. The van der Waals surface area contributed by atoms with Crippen molar-refractivity contribution in [1.82, 2.24) is 5.32 Å². The predicted octanol–water partition coefficient (Wildman–Crippen LogP) is 3.10. The summed E-state index contributed by atoms with van der Waals surface area (Å²) in [4.78, 5) is 0. The van der Waals surface area contributed by atoms with Crippen LogP contribution in [0.1, 0.15) is 26.3 Å². The SMILES string of the molecule is CC(C)Oc1cccc(C2=CCNC[C@@H]2C)c1. The van der Waals surface area contributed by atoms with Gasteiger partial charge in [-0.15, -0.1) is 0 Å². The quantitative estimate of drug-likeness (QED) is 0.863. The van der Waals surface area contributed by atoms with Gasteiger partial charge in [-0.05, 0) is 43.0 Å². The molecule has 0 amide bonds. The van der Waals surface area contributed by atoms with Gasteiger partial charge >= 0.3 is 0 Å². The lowest BCUT2D eigenvalue weighted by molar-refractivity contribution is 0.242. The fourth-order valence-corrected chi connectivity index (χ4v) is 2.22. The van der Waals surface area contributed by atoms with Crippen molar-refractivity contribution in [1.29, 1.82) is 0 Å². The Morgan fingerprint density at radius 1 is 1.35 bits per heavy atom. The van der Waals surface area contributed by atoms with Gasteiger partial charge in [0, 0.05) is 13.1 Å². The van der Waals surface area contributed by atoms with E-state index in [0.717, 1.165) is 18.8 Å². The van der Waals surface area contributed by atoms with Gasteiger partial charge in [-0.25, -0.2) is 0 Å². The molecule has 0 saturated heterocycles.